The van der Waals surface area contributed by atoms with Crippen LogP contribution in [0.5, 0.6) is 0 Å². The first-order valence-electron chi connectivity index (χ1n) is 15.0. The maximum Gasteiger partial charge on any atom is 0.308 e. The number of nitrogens with zero attached hydrogens (tertiary/aromatic N) is 2. The van der Waals surface area contributed by atoms with Crippen LogP contribution >= 0.6 is 0 Å². The molecule has 0 aromatic heterocycles. The van der Waals surface area contributed by atoms with E-state index in [1.807, 2.05) is 58.6 Å². The van der Waals surface area contributed by atoms with E-state index >= 15 is 0 Å². The van der Waals surface area contributed by atoms with E-state index in [-0.39, 0.29) is 23.9 Å². The first-order valence-corrected chi connectivity index (χ1v) is 15.0. The van der Waals surface area contributed by atoms with Crippen LogP contribution in [0.15, 0.2) is 0 Å². The summed E-state index contributed by atoms with van der Waals surface area (Å²) in [7, 11) is 5.68. The van der Waals surface area contributed by atoms with Gasteiger partial charge in [-0.05, 0) is 73.5 Å². The predicted octanol–water partition coefficient (Wildman–Crippen LogP) is 2.41. The number of aliphatic hydroxyl groups excluding tert-OH is 3. The summed E-state index contributed by atoms with van der Waals surface area (Å²) in [6.07, 6.45) is -1.99. The second-order valence-electron chi connectivity index (χ2n) is 13.2. The summed E-state index contributed by atoms with van der Waals surface area (Å²) in [6, 6.07) is -0.446. The number of likely N-dealkylation sites (N-methyl/N-ethyl adjacent to an activating group) is 2. The standard InChI is InChI=1S/C30H60N2O8/c1-12-13-30(8,38)28(35)21(6)32(11)16-17(2)14-18(3)25(33)19(4)27(20(5)29(36)37)40-24-15-23(31(9)10)26(34)22(7)39-24/h17-28,33-35,38H,12-16H2,1-11H3,(H,36,37)/t17-,18+,19-,20-,21-,22?,23?,24?,25-,26?,27?,28-,30?/m1/s1. The second kappa shape index (κ2) is 16.1. The van der Waals surface area contributed by atoms with E-state index in [0.717, 1.165) is 6.42 Å². The minimum absolute atomic E-state index is 0.142. The topological polar surface area (TPSA) is 143 Å². The maximum atomic E-state index is 12.0. The molecule has 0 aliphatic carbocycles. The van der Waals surface area contributed by atoms with Crippen molar-refractivity contribution in [1.29, 1.82) is 0 Å². The lowest BCUT2D eigenvalue weighted by molar-refractivity contribution is -0.264. The van der Waals surface area contributed by atoms with Crippen LogP contribution in [0.2, 0.25) is 0 Å². The third kappa shape index (κ3) is 10.2. The molecule has 40 heavy (non-hydrogen) atoms. The molecule has 13 atom stereocenters. The fourth-order valence-corrected chi connectivity index (χ4v) is 6.28. The van der Waals surface area contributed by atoms with Crippen LogP contribution in [0.1, 0.15) is 81.1 Å². The number of ether oxygens (including phenoxy) is 2. The Morgan fingerprint density at radius 1 is 1.12 bits per heavy atom. The number of hydrogen-bond acceptors (Lipinski definition) is 9. The van der Waals surface area contributed by atoms with E-state index in [2.05, 4.69) is 6.92 Å². The SMILES string of the molecule is CCCC(C)(O)[C@H](O)[C@@H](C)N(C)C[C@H](C)C[C@H](C)[C@@H](O)[C@@H](C)C(OC1CC(N(C)C)C(O)C(C)O1)[C@@H](C)C(=O)O. The predicted molar refractivity (Wildman–Crippen MR) is 156 cm³/mol. The fraction of sp³-hybridized carbons (Fsp3) is 0.967. The molecule has 0 saturated carbocycles. The van der Waals surface area contributed by atoms with Crippen LogP contribution in [0.25, 0.3) is 0 Å². The van der Waals surface area contributed by atoms with Gasteiger partial charge in [0, 0.05) is 31.0 Å². The summed E-state index contributed by atoms with van der Waals surface area (Å²) in [5.74, 6) is -2.34. The average molecular weight is 577 g/mol. The number of hydrogen-bond donors (Lipinski definition) is 5. The summed E-state index contributed by atoms with van der Waals surface area (Å²) in [6.45, 7) is 15.5. The highest BCUT2D eigenvalue weighted by Gasteiger charge is 2.42. The molecule has 0 aromatic rings. The van der Waals surface area contributed by atoms with Gasteiger partial charge in [-0.25, -0.2) is 0 Å². The van der Waals surface area contributed by atoms with Crippen molar-refractivity contribution in [1.82, 2.24) is 9.80 Å². The Morgan fingerprint density at radius 3 is 2.20 bits per heavy atom. The lowest BCUT2D eigenvalue weighted by Gasteiger charge is -2.43. The number of aliphatic hydroxyl groups is 4. The summed E-state index contributed by atoms with van der Waals surface area (Å²) < 4.78 is 12.2. The van der Waals surface area contributed by atoms with Gasteiger partial charge < -0.3 is 44.8 Å². The Bertz CT molecular complexity index is 753. The number of carboxylic acid groups (broad SMARTS) is 1. The first kappa shape index (κ1) is 37.2. The Kier molecular flexibility index (Phi) is 15.0. The molecule has 6 unspecified atom stereocenters. The summed E-state index contributed by atoms with van der Waals surface area (Å²) in [5, 5.41) is 53.1. The molecule has 1 aliphatic rings. The van der Waals surface area contributed by atoms with Crippen molar-refractivity contribution in [2.24, 2.45) is 23.7 Å². The summed E-state index contributed by atoms with van der Waals surface area (Å²) >= 11 is 0. The Hall–Kier alpha value is -0.850. The van der Waals surface area contributed by atoms with Crippen molar-refractivity contribution in [3.8, 4) is 0 Å². The number of carboxylic acids is 1. The van der Waals surface area contributed by atoms with E-state index < -0.39 is 60.2 Å². The molecule has 0 bridgehead atoms. The van der Waals surface area contributed by atoms with Crippen LogP contribution in [-0.2, 0) is 14.3 Å². The molecule has 1 rings (SSSR count). The van der Waals surface area contributed by atoms with Crippen LogP contribution in [0, 0.1) is 23.7 Å². The van der Waals surface area contributed by atoms with Gasteiger partial charge in [0.25, 0.3) is 0 Å². The number of carbonyl (C=O) groups is 1. The highest BCUT2D eigenvalue weighted by Crippen LogP contribution is 2.32. The van der Waals surface area contributed by atoms with Crippen molar-refractivity contribution >= 4 is 5.97 Å². The molecule has 1 aliphatic heterocycles. The van der Waals surface area contributed by atoms with Gasteiger partial charge >= 0.3 is 5.97 Å². The monoisotopic (exact) mass is 576 g/mol. The van der Waals surface area contributed by atoms with Gasteiger partial charge in [0.15, 0.2) is 6.29 Å². The molecular formula is C30H60N2O8. The van der Waals surface area contributed by atoms with Gasteiger partial charge in [0.05, 0.1) is 42.0 Å². The average Bonchev–Trinajstić information content (AvgIpc) is 2.86. The Morgan fingerprint density at radius 2 is 1.70 bits per heavy atom. The van der Waals surface area contributed by atoms with Gasteiger partial charge in [-0.3, -0.25) is 4.79 Å². The van der Waals surface area contributed by atoms with E-state index in [1.54, 1.807) is 20.8 Å². The smallest absolute Gasteiger partial charge is 0.308 e. The molecule has 0 aromatic carbocycles. The molecule has 10 heteroatoms. The zero-order chi connectivity index (χ0) is 31.1. The van der Waals surface area contributed by atoms with E-state index in [9.17, 15) is 30.3 Å². The summed E-state index contributed by atoms with van der Waals surface area (Å²) in [4.78, 5) is 16.0. The molecule has 0 spiro atoms. The lowest BCUT2D eigenvalue weighted by Crippen LogP contribution is -2.55. The van der Waals surface area contributed by atoms with Crippen molar-refractivity contribution < 1.29 is 39.8 Å². The van der Waals surface area contributed by atoms with Crippen LogP contribution in [-0.4, -0.2) is 123 Å². The number of aliphatic carboxylic acids is 1. The Balaban J connectivity index is 2.89. The van der Waals surface area contributed by atoms with Crippen molar-refractivity contribution in [2.45, 2.75) is 136 Å². The van der Waals surface area contributed by atoms with Crippen LogP contribution < -0.4 is 0 Å². The lowest BCUT2D eigenvalue weighted by atomic mass is 9.81. The molecular weight excluding hydrogens is 516 g/mol. The van der Waals surface area contributed by atoms with Crippen molar-refractivity contribution in [2.75, 3.05) is 27.7 Å². The van der Waals surface area contributed by atoms with Crippen LogP contribution in [0.4, 0.5) is 0 Å². The largest absolute Gasteiger partial charge is 0.481 e. The molecule has 0 amide bonds. The minimum atomic E-state index is -1.16. The second-order valence-corrected chi connectivity index (χ2v) is 13.2. The van der Waals surface area contributed by atoms with Crippen LogP contribution in [0.3, 0.4) is 0 Å². The highest BCUT2D eigenvalue weighted by atomic mass is 16.7. The van der Waals surface area contributed by atoms with Gasteiger partial charge in [-0.2, -0.15) is 0 Å². The normalized spacial score (nSPS) is 29.7. The summed E-state index contributed by atoms with van der Waals surface area (Å²) in [5.41, 5.74) is -1.16. The van der Waals surface area contributed by atoms with Gasteiger partial charge in [-0.1, -0.05) is 34.1 Å². The maximum absolute atomic E-state index is 12.0. The minimum Gasteiger partial charge on any atom is -0.481 e. The van der Waals surface area contributed by atoms with Gasteiger partial charge in [0.2, 0.25) is 0 Å². The van der Waals surface area contributed by atoms with E-state index in [1.165, 1.54) is 0 Å². The molecule has 1 saturated heterocycles. The van der Waals surface area contributed by atoms with Crippen molar-refractivity contribution in [3.63, 3.8) is 0 Å². The Labute approximate surface area is 242 Å². The molecule has 1 heterocycles. The zero-order valence-corrected chi connectivity index (χ0v) is 26.8. The third-order valence-corrected chi connectivity index (χ3v) is 9.09. The highest BCUT2D eigenvalue weighted by molar-refractivity contribution is 5.70. The molecule has 10 nitrogen and oxygen atoms in total. The van der Waals surface area contributed by atoms with E-state index in [4.69, 9.17) is 9.47 Å². The molecule has 5 N–H and O–H groups in total. The molecule has 238 valence electrons. The van der Waals surface area contributed by atoms with Gasteiger partial charge in [0.1, 0.15) is 0 Å². The number of rotatable bonds is 17. The van der Waals surface area contributed by atoms with Crippen molar-refractivity contribution in [3.05, 3.63) is 0 Å². The fourth-order valence-electron chi connectivity index (χ4n) is 6.28. The quantitative estimate of drug-likeness (QED) is 0.175. The van der Waals surface area contributed by atoms with E-state index in [0.29, 0.717) is 25.8 Å². The molecule has 1 fully saturated rings. The first-order chi connectivity index (χ1) is 18.3. The third-order valence-electron chi connectivity index (χ3n) is 9.09. The zero-order valence-electron chi connectivity index (χ0n) is 26.8. The van der Waals surface area contributed by atoms with Gasteiger partial charge in [-0.15, -0.1) is 0 Å². The molecule has 0 radical (unpaired) electrons.